The van der Waals surface area contributed by atoms with Crippen LogP contribution in [0.5, 0.6) is 0 Å². The summed E-state index contributed by atoms with van der Waals surface area (Å²) in [4.78, 5) is 0. The van der Waals surface area contributed by atoms with E-state index in [0.717, 1.165) is 12.8 Å². The van der Waals surface area contributed by atoms with Gasteiger partial charge in [-0.15, -0.1) is 92.3 Å². The molecular weight excluding hydrogens is 1040 g/mol. The summed E-state index contributed by atoms with van der Waals surface area (Å²) in [6, 6.07) is 80.8. The van der Waals surface area contributed by atoms with Gasteiger partial charge in [-0.05, 0) is 0 Å². The average molecular weight is 1100 g/mol. The number of hydrogen-bond acceptors (Lipinski definition) is 0. The number of benzene rings is 8. The molecule has 0 aliphatic heterocycles. The molecule has 0 atom stereocenters. The van der Waals surface area contributed by atoms with Gasteiger partial charge in [-0.2, -0.15) is 23.3 Å². The van der Waals surface area contributed by atoms with Crippen molar-refractivity contribution in [2.24, 2.45) is 11.8 Å². The molecule has 4 heteroatoms. The summed E-state index contributed by atoms with van der Waals surface area (Å²) in [5, 5.41) is 10.8. The Bertz CT molecular complexity index is 2920. The van der Waals surface area contributed by atoms with Crippen LogP contribution in [0.2, 0.25) is 0 Å². The van der Waals surface area contributed by atoms with Gasteiger partial charge in [-0.25, -0.2) is 12.2 Å². The van der Waals surface area contributed by atoms with Gasteiger partial charge in [0.25, 0.3) is 0 Å². The predicted octanol–water partition coefficient (Wildman–Crippen LogP) is 11.7. The van der Waals surface area contributed by atoms with E-state index in [9.17, 15) is 0 Å². The normalized spacial score (nSPS) is 11.8. The van der Waals surface area contributed by atoms with Gasteiger partial charge in [0.1, 0.15) is 0 Å². The van der Waals surface area contributed by atoms with Crippen LogP contribution in [0.15, 0.2) is 266 Å². The Morgan fingerprint density at radius 2 is 0.569 bits per heavy atom. The van der Waals surface area contributed by atoms with Crippen LogP contribution in [0.25, 0.3) is 43.1 Å². The molecule has 0 heterocycles. The van der Waals surface area contributed by atoms with Crippen molar-refractivity contribution in [1.29, 1.82) is 0 Å². The van der Waals surface area contributed by atoms with Crippen LogP contribution < -0.4 is 9.41 Å². The summed E-state index contributed by atoms with van der Waals surface area (Å²) < 4.78 is 2.83. The smallest absolute Gasteiger partial charge is 0.0771 e. The van der Waals surface area contributed by atoms with Crippen molar-refractivity contribution in [3.05, 3.63) is 300 Å². The Kier molecular flexibility index (Phi) is 23.6. The van der Waals surface area contributed by atoms with Gasteiger partial charge in [-0.1, -0.05) is 112 Å². The molecular formula is C68H60F2Zr2-2. The minimum absolute atomic E-state index is 0. The van der Waals surface area contributed by atoms with Crippen molar-refractivity contribution >= 4 is 49.5 Å². The Morgan fingerprint density at radius 3 is 0.764 bits per heavy atom. The molecule has 356 valence electrons. The van der Waals surface area contributed by atoms with Crippen LogP contribution >= 0.6 is 0 Å². The van der Waals surface area contributed by atoms with Gasteiger partial charge in [0.2, 0.25) is 0 Å². The second-order valence-electron chi connectivity index (χ2n) is 17.7. The molecule has 10 aromatic rings. The molecule has 0 nitrogen and oxygen atoms in total. The minimum Gasteiger partial charge on any atom is -0.126 e. The quantitative estimate of drug-likeness (QED) is 0.146. The third-order valence-corrected chi connectivity index (χ3v) is 14.9. The third-order valence-electron chi connectivity index (χ3n) is 12.1. The SMILES string of the molecule is CC(C)C1=CC[C-]=C1.CC(C)C1=CC[C-]=C1.[F-].[F-].[Zr+2]=[C](c1ccccc1)c1ccccc1.[Zr+2]=[C](c1ccccc1)c1ccccc1.c1ccc2c(c1)[cH-]c1ccccc12.c1ccc2c(c1)[cH-]c1ccccc12. The summed E-state index contributed by atoms with van der Waals surface area (Å²) in [5.41, 5.74) is 8.19. The molecule has 10 aromatic carbocycles. The zero-order valence-corrected chi connectivity index (χ0v) is 46.5. The summed E-state index contributed by atoms with van der Waals surface area (Å²) in [7, 11) is 0. The van der Waals surface area contributed by atoms with Gasteiger partial charge < -0.3 is 9.41 Å². The number of allylic oxidation sites excluding steroid dienone is 8. The van der Waals surface area contributed by atoms with Crippen molar-refractivity contribution in [1.82, 2.24) is 0 Å². The monoisotopic (exact) mass is 1090 g/mol. The Balaban J connectivity index is 0.000000162. The van der Waals surface area contributed by atoms with E-state index in [2.05, 4.69) is 295 Å². The van der Waals surface area contributed by atoms with Crippen LogP contribution in [-0.2, 0) is 48.5 Å². The molecule has 2 aliphatic carbocycles. The maximum absolute atomic E-state index is 3.14. The Labute approximate surface area is 456 Å². The maximum atomic E-state index is 3.14. The van der Waals surface area contributed by atoms with E-state index in [1.165, 1.54) is 131 Å². The van der Waals surface area contributed by atoms with E-state index in [4.69, 9.17) is 0 Å². The van der Waals surface area contributed by atoms with Crippen LogP contribution in [0.4, 0.5) is 0 Å². The number of rotatable bonds is 6. The van der Waals surface area contributed by atoms with Gasteiger partial charge in [0.15, 0.2) is 0 Å². The second-order valence-corrected chi connectivity index (χ2v) is 20.1. The fraction of sp³-hybridized carbons (Fsp3) is 0.118. The first kappa shape index (κ1) is 56.7. The van der Waals surface area contributed by atoms with Crippen LogP contribution in [0.3, 0.4) is 0 Å². The first-order valence-electron chi connectivity index (χ1n) is 24.2. The fourth-order valence-electron chi connectivity index (χ4n) is 8.19. The Morgan fingerprint density at radius 1 is 0.347 bits per heavy atom. The van der Waals surface area contributed by atoms with E-state index in [0.29, 0.717) is 11.8 Å². The van der Waals surface area contributed by atoms with Gasteiger partial charge in [-0.3, -0.25) is 12.2 Å². The number of hydrogen-bond donors (Lipinski definition) is 0. The molecule has 0 N–H and O–H groups in total. The molecule has 0 radical (unpaired) electrons. The zero-order chi connectivity index (χ0) is 48.9. The molecule has 0 aromatic heterocycles. The number of halogens is 2. The first-order chi connectivity index (χ1) is 34.3. The Hall–Kier alpha value is -6.17. The molecule has 0 bridgehead atoms. The maximum Gasteiger partial charge on any atom is -0.0771 e. The molecule has 0 fully saturated rings. The molecule has 0 saturated carbocycles. The van der Waals surface area contributed by atoms with Crippen molar-refractivity contribution in [3.63, 3.8) is 0 Å². The van der Waals surface area contributed by atoms with Crippen molar-refractivity contribution in [2.45, 2.75) is 40.5 Å². The molecule has 0 spiro atoms. The summed E-state index contributed by atoms with van der Waals surface area (Å²) in [5.74, 6) is 1.37. The largest absolute Gasteiger partial charge is 0.126 e. The summed E-state index contributed by atoms with van der Waals surface area (Å²) in [6.07, 6.45) is 16.9. The summed E-state index contributed by atoms with van der Waals surface area (Å²) in [6.45, 7) is 8.81. The molecule has 0 saturated heterocycles. The van der Waals surface area contributed by atoms with Gasteiger partial charge >= 0.3 is 198 Å². The standard InChI is InChI=1S/2C13H9.2C13H10.2C8H11.2FH.2Zr/c2*1-3-7-12-10(5-1)9-11-6-2-4-8-13(11)12;2*1-3-7-12(8-4-1)11-13-9-5-2-6-10-13;2*1-7(2)8-5-3-4-6-8;;;;/h2*1-9H;2*1-10H;2*5-7H,3H2,1-2H3;2*1H;;/q2*-1;;;2*-1;;;2*+2/p-2. The van der Waals surface area contributed by atoms with Gasteiger partial charge in [0.05, 0.1) is 0 Å². The van der Waals surface area contributed by atoms with Crippen molar-refractivity contribution in [2.75, 3.05) is 0 Å². The van der Waals surface area contributed by atoms with E-state index >= 15 is 0 Å². The van der Waals surface area contributed by atoms with E-state index in [1.807, 2.05) is 0 Å². The van der Waals surface area contributed by atoms with Gasteiger partial charge in [0, 0.05) is 0 Å². The van der Waals surface area contributed by atoms with E-state index in [1.54, 1.807) is 0 Å². The molecule has 0 unspecified atom stereocenters. The molecule has 12 rings (SSSR count). The second kappa shape index (κ2) is 30.0. The first-order valence-corrected chi connectivity index (χ1v) is 26.7. The van der Waals surface area contributed by atoms with Crippen molar-refractivity contribution in [3.8, 4) is 0 Å². The van der Waals surface area contributed by atoms with E-state index < -0.39 is 0 Å². The van der Waals surface area contributed by atoms with Crippen LogP contribution in [0, 0.1) is 24.0 Å². The number of fused-ring (bicyclic) bond motifs is 6. The molecule has 72 heavy (non-hydrogen) atoms. The van der Waals surface area contributed by atoms with E-state index in [-0.39, 0.29) is 9.41 Å². The zero-order valence-electron chi connectivity index (χ0n) is 41.6. The third kappa shape index (κ3) is 16.4. The topological polar surface area (TPSA) is 0 Å². The van der Waals surface area contributed by atoms with Crippen LogP contribution in [-0.4, -0.2) is 6.41 Å². The summed E-state index contributed by atoms with van der Waals surface area (Å²) >= 11 is 2.92. The predicted molar refractivity (Wildman–Crippen MR) is 297 cm³/mol. The molecule has 2 aliphatic rings. The average Bonchev–Trinajstić information content (AvgIpc) is 4.28. The van der Waals surface area contributed by atoms with Crippen LogP contribution in [0.1, 0.15) is 62.8 Å². The van der Waals surface area contributed by atoms with Crippen molar-refractivity contribution < 1.29 is 57.9 Å². The minimum atomic E-state index is 0. The molecule has 0 amide bonds. The fourth-order valence-corrected chi connectivity index (χ4v) is 9.83.